The first-order valence-electron chi connectivity index (χ1n) is 8.03. The van der Waals surface area contributed by atoms with Crippen LogP contribution in [0.3, 0.4) is 0 Å². The van der Waals surface area contributed by atoms with Crippen molar-refractivity contribution >= 4 is 15.7 Å². The Bertz CT molecular complexity index is 477. The molecule has 0 aromatic carbocycles. The van der Waals surface area contributed by atoms with Gasteiger partial charge in [0.2, 0.25) is 5.91 Å². The maximum Gasteiger partial charge on any atom is 0.238 e. The van der Waals surface area contributed by atoms with Gasteiger partial charge in [0.15, 0.2) is 9.84 Å². The summed E-state index contributed by atoms with van der Waals surface area (Å²) in [5.41, 5.74) is 0.298. The van der Waals surface area contributed by atoms with Crippen molar-refractivity contribution in [3.63, 3.8) is 0 Å². The molecule has 3 aliphatic rings. The molecule has 2 saturated carbocycles. The van der Waals surface area contributed by atoms with E-state index < -0.39 is 15.1 Å². The summed E-state index contributed by atoms with van der Waals surface area (Å²) < 4.78 is 23.9. The predicted molar refractivity (Wildman–Crippen MR) is 78.1 cm³/mol. The van der Waals surface area contributed by atoms with Gasteiger partial charge in [0.1, 0.15) is 5.25 Å². The highest BCUT2D eigenvalue weighted by atomic mass is 32.2. The molecule has 0 bridgehead atoms. The van der Waals surface area contributed by atoms with E-state index in [2.05, 4.69) is 5.32 Å². The molecule has 1 unspecified atom stereocenters. The van der Waals surface area contributed by atoms with E-state index in [1.165, 1.54) is 38.5 Å². The molecule has 0 radical (unpaired) electrons. The summed E-state index contributed by atoms with van der Waals surface area (Å²) in [6.45, 7) is 0.697. The zero-order valence-corrected chi connectivity index (χ0v) is 12.9. The van der Waals surface area contributed by atoms with Gasteiger partial charge in [0, 0.05) is 6.54 Å². The van der Waals surface area contributed by atoms with Gasteiger partial charge >= 0.3 is 0 Å². The molecule has 1 amide bonds. The summed E-state index contributed by atoms with van der Waals surface area (Å²) >= 11 is 0. The van der Waals surface area contributed by atoms with Gasteiger partial charge in [-0.25, -0.2) is 8.42 Å². The lowest BCUT2D eigenvalue weighted by molar-refractivity contribution is -0.122. The molecule has 114 valence electrons. The Kier molecular flexibility index (Phi) is 3.82. The lowest BCUT2D eigenvalue weighted by Gasteiger charge is -2.52. The van der Waals surface area contributed by atoms with Crippen molar-refractivity contribution in [3.05, 3.63) is 0 Å². The van der Waals surface area contributed by atoms with Crippen LogP contribution in [0.2, 0.25) is 0 Å². The Hall–Kier alpha value is -0.580. The van der Waals surface area contributed by atoms with Crippen molar-refractivity contribution in [3.8, 4) is 0 Å². The molecule has 2 aliphatic carbocycles. The lowest BCUT2D eigenvalue weighted by atomic mass is 9.55. The Morgan fingerprint density at radius 1 is 1.05 bits per heavy atom. The summed E-state index contributed by atoms with van der Waals surface area (Å²) in [6.07, 6.45) is 9.62. The minimum absolute atomic E-state index is 0.179. The van der Waals surface area contributed by atoms with Crippen LogP contribution < -0.4 is 5.32 Å². The summed E-state index contributed by atoms with van der Waals surface area (Å²) in [4.78, 5) is 12.2. The van der Waals surface area contributed by atoms with Crippen molar-refractivity contribution in [2.75, 3.05) is 12.3 Å². The monoisotopic (exact) mass is 299 g/mol. The molecule has 1 N–H and O–H groups in total. The maximum atomic E-state index is 12.2. The zero-order chi connectivity index (χ0) is 14.2. The lowest BCUT2D eigenvalue weighted by Crippen LogP contribution is -2.52. The number of carbonyl (C=O) groups is 1. The van der Waals surface area contributed by atoms with Gasteiger partial charge in [-0.1, -0.05) is 19.3 Å². The Morgan fingerprint density at radius 2 is 1.80 bits per heavy atom. The SMILES string of the molecule is O=C(NCC1(C2CCC2)CCC1)C1CCCCS1(=O)=O. The molecule has 0 aromatic rings. The summed E-state index contributed by atoms with van der Waals surface area (Å²) in [6, 6.07) is 0. The van der Waals surface area contributed by atoms with Crippen LogP contribution >= 0.6 is 0 Å². The van der Waals surface area contributed by atoms with Gasteiger partial charge < -0.3 is 5.32 Å². The highest BCUT2D eigenvalue weighted by molar-refractivity contribution is 7.92. The third-order valence-corrected chi connectivity index (χ3v) is 7.98. The molecule has 1 aliphatic heterocycles. The summed E-state index contributed by atoms with van der Waals surface area (Å²) in [5.74, 6) is 0.702. The van der Waals surface area contributed by atoms with Gasteiger partial charge in [-0.2, -0.15) is 0 Å². The first-order valence-corrected chi connectivity index (χ1v) is 9.74. The minimum atomic E-state index is -3.20. The molecular weight excluding hydrogens is 274 g/mol. The summed E-state index contributed by atoms with van der Waals surface area (Å²) in [5, 5.41) is 2.20. The number of carbonyl (C=O) groups excluding carboxylic acids is 1. The Morgan fingerprint density at radius 3 is 2.30 bits per heavy atom. The maximum absolute atomic E-state index is 12.2. The van der Waals surface area contributed by atoms with Crippen molar-refractivity contribution in [1.82, 2.24) is 5.32 Å². The van der Waals surface area contributed by atoms with Gasteiger partial charge in [0.25, 0.3) is 0 Å². The van der Waals surface area contributed by atoms with Crippen LogP contribution in [0.5, 0.6) is 0 Å². The van der Waals surface area contributed by atoms with Crippen molar-refractivity contribution in [2.45, 2.75) is 63.0 Å². The van der Waals surface area contributed by atoms with Crippen molar-refractivity contribution in [1.29, 1.82) is 0 Å². The molecule has 20 heavy (non-hydrogen) atoms. The minimum Gasteiger partial charge on any atom is -0.354 e. The van der Waals surface area contributed by atoms with Gasteiger partial charge in [0.05, 0.1) is 5.75 Å². The van der Waals surface area contributed by atoms with Crippen LogP contribution in [0.4, 0.5) is 0 Å². The first-order chi connectivity index (χ1) is 9.54. The Labute approximate surface area is 121 Å². The average molecular weight is 299 g/mol. The predicted octanol–water partition coefficient (Wildman–Crippen LogP) is 2.04. The normalized spacial score (nSPS) is 31.9. The molecule has 5 heteroatoms. The van der Waals surface area contributed by atoms with Gasteiger partial charge in [-0.15, -0.1) is 0 Å². The Balaban J connectivity index is 1.58. The second-order valence-corrected chi connectivity index (χ2v) is 9.22. The fourth-order valence-corrected chi connectivity index (χ4v) is 5.83. The smallest absolute Gasteiger partial charge is 0.238 e. The molecule has 0 spiro atoms. The van der Waals surface area contributed by atoms with Gasteiger partial charge in [-0.3, -0.25) is 4.79 Å². The first kappa shape index (κ1) is 14.4. The molecule has 3 fully saturated rings. The molecule has 1 atom stereocenters. The topological polar surface area (TPSA) is 63.2 Å². The molecule has 4 nitrogen and oxygen atoms in total. The van der Waals surface area contributed by atoms with E-state index in [1.54, 1.807) is 0 Å². The van der Waals surface area contributed by atoms with Crippen LogP contribution in [0.1, 0.15) is 57.8 Å². The molecule has 1 heterocycles. The number of rotatable bonds is 4. The largest absolute Gasteiger partial charge is 0.354 e. The van der Waals surface area contributed by atoms with E-state index in [-0.39, 0.29) is 11.7 Å². The quantitative estimate of drug-likeness (QED) is 0.864. The third kappa shape index (κ3) is 2.49. The van der Waals surface area contributed by atoms with Crippen LogP contribution in [0.25, 0.3) is 0 Å². The van der Waals surface area contributed by atoms with Crippen molar-refractivity contribution < 1.29 is 13.2 Å². The van der Waals surface area contributed by atoms with E-state index in [0.29, 0.717) is 24.8 Å². The van der Waals surface area contributed by atoms with E-state index in [1.807, 2.05) is 0 Å². The highest BCUT2D eigenvalue weighted by Crippen LogP contribution is 2.53. The second-order valence-electron chi connectivity index (χ2n) is 6.91. The number of hydrogen-bond donors (Lipinski definition) is 1. The van der Waals surface area contributed by atoms with Crippen LogP contribution in [0, 0.1) is 11.3 Å². The number of hydrogen-bond acceptors (Lipinski definition) is 3. The number of nitrogens with one attached hydrogen (secondary N) is 1. The van der Waals surface area contributed by atoms with Crippen LogP contribution in [0.15, 0.2) is 0 Å². The van der Waals surface area contributed by atoms with Crippen LogP contribution in [-0.2, 0) is 14.6 Å². The zero-order valence-electron chi connectivity index (χ0n) is 12.1. The van der Waals surface area contributed by atoms with Crippen molar-refractivity contribution in [2.24, 2.45) is 11.3 Å². The standard InChI is InChI=1S/C15H25NO3S/c17-14(13-7-1-2-10-20(13,18)19)16-11-15(8-4-9-15)12-5-3-6-12/h12-13H,1-11H2,(H,16,17). The van der Waals surface area contributed by atoms with E-state index in [0.717, 1.165) is 12.3 Å². The van der Waals surface area contributed by atoms with E-state index in [4.69, 9.17) is 0 Å². The third-order valence-electron chi connectivity index (χ3n) is 5.81. The van der Waals surface area contributed by atoms with E-state index >= 15 is 0 Å². The van der Waals surface area contributed by atoms with Gasteiger partial charge in [-0.05, 0) is 49.9 Å². The molecule has 0 aromatic heterocycles. The fourth-order valence-electron chi connectivity index (χ4n) is 4.01. The number of sulfone groups is 1. The fraction of sp³-hybridized carbons (Fsp3) is 0.933. The molecular formula is C15H25NO3S. The molecule has 3 rings (SSSR count). The highest BCUT2D eigenvalue weighted by Gasteiger charge is 2.46. The average Bonchev–Trinajstić information content (AvgIpc) is 2.28. The summed E-state index contributed by atoms with van der Waals surface area (Å²) in [7, 11) is -3.20. The van der Waals surface area contributed by atoms with E-state index in [9.17, 15) is 13.2 Å². The second kappa shape index (κ2) is 5.32. The van der Waals surface area contributed by atoms with Crippen LogP contribution in [-0.4, -0.2) is 31.9 Å². The molecule has 1 saturated heterocycles. The number of amides is 1.